The summed E-state index contributed by atoms with van der Waals surface area (Å²) in [5.74, 6) is 1.62. The lowest BCUT2D eigenvalue weighted by Crippen LogP contribution is -2.03. The number of hydrogen-bond acceptors (Lipinski definition) is 2. The number of nitrogens with two attached hydrogens (primary N) is 1. The molecule has 0 saturated heterocycles. The molecule has 0 fully saturated rings. The van der Waals surface area contributed by atoms with E-state index in [0.717, 1.165) is 0 Å². The van der Waals surface area contributed by atoms with Crippen molar-refractivity contribution in [1.82, 2.24) is 0 Å². The first-order chi connectivity index (χ1) is 7.88. The molecule has 0 spiro atoms. The van der Waals surface area contributed by atoms with Gasteiger partial charge in [0.05, 0.1) is 0 Å². The van der Waals surface area contributed by atoms with Crippen LogP contribution >= 0.6 is 11.9 Å². The Morgan fingerprint density at radius 2 is 1.24 bits per heavy atom. The number of hydrogen-bond donors (Lipinski definition) is 1. The van der Waals surface area contributed by atoms with E-state index in [4.69, 9.17) is 5.14 Å². The van der Waals surface area contributed by atoms with E-state index in [1.54, 1.807) is 0 Å². The summed E-state index contributed by atoms with van der Waals surface area (Å²) in [6.45, 7) is 13.5. The maximum atomic E-state index is 5.87. The Morgan fingerprint density at radius 1 is 0.824 bits per heavy atom. The lowest BCUT2D eigenvalue weighted by atomic mass is 9.89. The van der Waals surface area contributed by atoms with E-state index in [9.17, 15) is 0 Å². The van der Waals surface area contributed by atoms with Crippen molar-refractivity contribution >= 4 is 11.9 Å². The zero-order valence-electron chi connectivity index (χ0n) is 11.9. The van der Waals surface area contributed by atoms with E-state index in [0.29, 0.717) is 17.8 Å². The van der Waals surface area contributed by atoms with Gasteiger partial charge >= 0.3 is 0 Å². The van der Waals surface area contributed by atoms with Crippen LogP contribution in [0.15, 0.2) is 17.0 Å². The predicted octanol–water partition coefficient (Wildman–Crippen LogP) is 5.02. The molecular weight excluding hydrogens is 226 g/mol. The summed E-state index contributed by atoms with van der Waals surface area (Å²) in [7, 11) is 0. The highest BCUT2D eigenvalue weighted by atomic mass is 32.2. The third-order valence-corrected chi connectivity index (χ3v) is 3.90. The second kappa shape index (κ2) is 5.92. The van der Waals surface area contributed by atoms with E-state index >= 15 is 0 Å². The molecule has 2 heteroatoms. The van der Waals surface area contributed by atoms with E-state index < -0.39 is 0 Å². The van der Waals surface area contributed by atoms with Crippen LogP contribution in [0.2, 0.25) is 0 Å². The van der Waals surface area contributed by atoms with Crippen LogP contribution in [-0.2, 0) is 0 Å². The fraction of sp³-hybridized carbons (Fsp3) is 0.600. The second-order valence-corrected chi connectivity index (χ2v) is 6.25. The smallest absolute Gasteiger partial charge is 0.0295 e. The van der Waals surface area contributed by atoms with Crippen LogP contribution < -0.4 is 5.14 Å². The average molecular weight is 251 g/mol. The highest BCUT2D eigenvalue weighted by Crippen LogP contribution is 2.36. The van der Waals surface area contributed by atoms with Gasteiger partial charge in [-0.25, -0.2) is 0 Å². The van der Waals surface area contributed by atoms with E-state index in [-0.39, 0.29) is 0 Å². The highest BCUT2D eigenvalue weighted by molar-refractivity contribution is 7.97. The molecule has 0 heterocycles. The van der Waals surface area contributed by atoms with Gasteiger partial charge in [0.25, 0.3) is 0 Å². The maximum Gasteiger partial charge on any atom is 0.0295 e. The number of benzene rings is 1. The lowest BCUT2D eigenvalue weighted by molar-refractivity contribution is 0.772. The normalized spacial score (nSPS) is 11.9. The summed E-state index contributed by atoms with van der Waals surface area (Å²) < 4.78 is 0. The summed E-state index contributed by atoms with van der Waals surface area (Å²) in [6, 6.07) is 4.66. The molecule has 1 aromatic rings. The van der Waals surface area contributed by atoms with Gasteiger partial charge in [-0.3, -0.25) is 5.14 Å². The van der Waals surface area contributed by atoms with Gasteiger partial charge in [-0.1, -0.05) is 53.7 Å². The minimum absolute atomic E-state index is 0.525. The molecule has 96 valence electrons. The van der Waals surface area contributed by atoms with Gasteiger partial charge in [-0.15, -0.1) is 0 Å². The summed E-state index contributed by atoms with van der Waals surface area (Å²) in [4.78, 5) is 1.28. The molecule has 0 amide bonds. The molecule has 0 aliphatic carbocycles. The van der Waals surface area contributed by atoms with Crippen LogP contribution in [0.4, 0.5) is 0 Å². The summed E-state index contributed by atoms with van der Waals surface area (Å²) in [5, 5.41) is 5.87. The molecule has 0 aliphatic heterocycles. The SMILES string of the molecule is CC(C)c1cc(C(C)C)c(SN)c(C(C)C)c1. The maximum absolute atomic E-state index is 5.87. The van der Waals surface area contributed by atoms with Gasteiger partial charge in [-0.2, -0.15) is 0 Å². The Bertz CT molecular complexity index is 352. The molecule has 0 aromatic heterocycles. The molecule has 1 aromatic carbocycles. The Kier molecular flexibility index (Phi) is 5.08. The van der Waals surface area contributed by atoms with E-state index in [1.807, 2.05) is 0 Å². The predicted molar refractivity (Wildman–Crippen MR) is 78.8 cm³/mol. The molecule has 0 radical (unpaired) electrons. The molecule has 2 N–H and O–H groups in total. The fourth-order valence-electron chi connectivity index (χ4n) is 2.03. The minimum Gasteiger partial charge on any atom is -0.274 e. The molecule has 0 saturated carbocycles. The summed E-state index contributed by atoms with van der Waals surface area (Å²) in [5.41, 5.74) is 4.22. The molecule has 1 rings (SSSR count). The largest absolute Gasteiger partial charge is 0.274 e. The molecule has 0 atom stereocenters. The monoisotopic (exact) mass is 251 g/mol. The standard InChI is InChI=1S/C15H25NS/c1-9(2)12-7-13(10(3)4)15(17-16)14(8-12)11(5)6/h7-11H,16H2,1-6H3. The van der Waals surface area contributed by atoms with Crippen LogP contribution in [0, 0.1) is 0 Å². The van der Waals surface area contributed by atoms with Crippen LogP contribution in [0.3, 0.4) is 0 Å². The summed E-state index contributed by atoms with van der Waals surface area (Å²) in [6.07, 6.45) is 0. The third-order valence-electron chi connectivity index (χ3n) is 3.20. The number of rotatable bonds is 4. The first kappa shape index (κ1) is 14.6. The molecule has 0 unspecified atom stereocenters. The van der Waals surface area contributed by atoms with E-state index in [1.165, 1.54) is 33.5 Å². The first-order valence-corrected chi connectivity index (χ1v) is 7.30. The molecule has 0 bridgehead atoms. The van der Waals surface area contributed by atoms with Crippen molar-refractivity contribution in [2.45, 2.75) is 64.2 Å². The second-order valence-electron chi connectivity index (χ2n) is 5.61. The van der Waals surface area contributed by atoms with Crippen LogP contribution in [-0.4, -0.2) is 0 Å². The van der Waals surface area contributed by atoms with Crippen LogP contribution in [0.5, 0.6) is 0 Å². The van der Waals surface area contributed by atoms with Crippen molar-refractivity contribution in [1.29, 1.82) is 0 Å². The van der Waals surface area contributed by atoms with Crippen molar-refractivity contribution < 1.29 is 0 Å². The summed E-state index contributed by atoms with van der Waals surface area (Å²) >= 11 is 1.40. The van der Waals surface area contributed by atoms with Gasteiger partial charge < -0.3 is 0 Å². The Morgan fingerprint density at radius 3 is 1.47 bits per heavy atom. The zero-order valence-corrected chi connectivity index (χ0v) is 12.7. The van der Waals surface area contributed by atoms with Crippen molar-refractivity contribution in [3.8, 4) is 0 Å². The topological polar surface area (TPSA) is 26.0 Å². The molecule has 17 heavy (non-hydrogen) atoms. The Hall–Kier alpha value is -0.470. The van der Waals surface area contributed by atoms with Gasteiger partial charge in [0.15, 0.2) is 0 Å². The van der Waals surface area contributed by atoms with Crippen molar-refractivity contribution in [3.05, 3.63) is 28.8 Å². The highest BCUT2D eigenvalue weighted by Gasteiger charge is 2.16. The van der Waals surface area contributed by atoms with Crippen LogP contribution in [0.25, 0.3) is 0 Å². The van der Waals surface area contributed by atoms with Gasteiger partial charge in [0, 0.05) is 4.90 Å². The molecule has 1 nitrogen and oxygen atoms in total. The quantitative estimate of drug-likeness (QED) is 0.760. The first-order valence-electron chi connectivity index (χ1n) is 6.42. The minimum atomic E-state index is 0.525. The van der Waals surface area contributed by atoms with Gasteiger partial charge in [-0.05, 0) is 46.4 Å². The molecular formula is C15H25NS. The van der Waals surface area contributed by atoms with Gasteiger partial charge in [0.2, 0.25) is 0 Å². The Balaban J connectivity index is 3.46. The average Bonchev–Trinajstić information content (AvgIpc) is 2.26. The lowest BCUT2D eigenvalue weighted by Gasteiger charge is -2.21. The van der Waals surface area contributed by atoms with Gasteiger partial charge in [0.1, 0.15) is 0 Å². The molecule has 0 aliphatic rings. The van der Waals surface area contributed by atoms with Crippen LogP contribution in [0.1, 0.15) is 76.0 Å². The van der Waals surface area contributed by atoms with E-state index in [2.05, 4.69) is 53.7 Å². The van der Waals surface area contributed by atoms with Crippen molar-refractivity contribution in [2.75, 3.05) is 0 Å². The van der Waals surface area contributed by atoms with Crippen molar-refractivity contribution in [3.63, 3.8) is 0 Å². The Labute approximate surface area is 110 Å². The van der Waals surface area contributed by atoms with Crippen molar-refractivity contribution in [2.24, 2.45) is 5.14 Å². The fourth-order valence-corrected chi connectivity index (χ4v) is 2.89. The third kappa shape index (κ3) is 3.26. The zero-order chi connectivity index (χ0) is 13.2.